The van der Waals surface area contributed by atoms with Gasteiger partial charge in [0.2, 0.25) is 0 Å². The number of aromatic nitrogens is 1. The highest BCUT2D eigenvalue weighted by molar-refractivity contribution is 6.10. The Morgan fingerprint density at radius 3 is 2.91 bits per heavy atom. The van der Waals surface area contributed by atoms with Crippen molar-refractivity contribution in [2.24, 2.45) is 5.41 Å². The van der Waals surface area contributed by atoms with E-state index in [2.05, 4.69) is 61.8 Å². The Bertz CT molecular complexity index is 986. The minimum Gasteiger partial charge on any atom is -0.354 e. The molecule has 2 heteroatoms. The summed E-state index contributed by atoms with van der Waals surface area (Å²) in [6, 6.07) is 13.2. The first kappa shape index (κ1) is 14.1. The van der Waals surface area contributed by atoms with Gasteiger partial charge in [-0.2, -0.15) is 5.26 Å². The van der Waals surface area contributed by atoms with Gasteiger partial charge in [-0.25, -0.2) is 0 Å². The minimum atomic E-state index is -0.164. The largest absolute Gasteiger partial charge is 0.354 e. The SMILES string of the molecule is C=C[C@]1(C)CCc2cc(C)c3[nH]c4ccccc4c3c2[C@@H]1C#N. The Labute approximate surface area is 136 Å². The summed E-state index contributed by atoms with van der Waals surface area (Å²) < 4.78 is 0. The van der Waals surface area contributed by atoms with Crippen molar-refractivity contribution in [2.75, 3.05) is 0 Å². The molecule has 2 aromatic carbocycles. The molecule has 2 atom stereocenters. The van der Waals surface area contributed by atoms with Crippen LogP contribution in [0.1, 0.15) is 36.0 Å². The fraction of sp³-hybridized carbons (Fsp3) is 0.286. The van der Waals surface area contributed by atoms with Gasteiger partial charge >= 0.3 is 0 Å². The number of aryl methyl sites for hydroxylation is 2. The molecule has 0 aliphatic heterocycles. The number of hydrogen-bond acceptors (Lipinski definition) is 1. The maximum absolute atomic E-state index is 9.93. The van der Waals surface area contributed by atoms with Crippen LogP contribution in [-0.2, 0) is 6.42 Å². The van der Waals surface area contributed by atoms with Crippen molar-refractivity contribution in [3.63, 3.8) is 0 Å². The molecular formula is C21H20N2. The first-order valence-corrected chi connectivity index (χ1v) is 8.15. The van der Waals surface area contributed by atoms with Crippen molar-refractivity contribution >= 4 is 21.8 Å². The molecule has 1 heterocycles. The molecule has 1 aliphatic carbocycles. The lowest BCUT2D eigenvalue weighted by Gasteiger charge is -2.37. The Kier molecular flexibility index (Phi) is 2.90. The first-order valence-electron chi connectivity index (χ1n) is 8.15. The second-order valence-corrected chi connectivity index (χ2v) is 6.96. The third-order valence-corrected chi connectivity index (χ3v) is 5.58. The molecule has 114 valence electrons. The van der Waals surface area contributed by atoms with E-state index < -0.39 is 0 Å². The van der Waals surface area contributed by atoms with Crippen LogP contribution in [0.25, 0.3) is 21.8 Å². The van der Waals surface area contributed by atoms with Gasteiger partial charge in [0.15, 0.2) is 0 Å². The van der Waals surface area contributed by atoms with Gasteiger partial charge in [0, 0.05) is 27.2 Å². The molecule has 2 nitrogen and oxygen atoms in total. The molecule has 0 radical (unpaired) electrons. The van der Waals surface area contributed by atoms with E-state index in [-0.39, 0.29) is 11.3 Å². The van der Waals surface area contributed by atoms with Crippen LogP contribution in [0.4, 0.5) is 0 Å². The normalized spacial score (nSPS) is 23.6. The van der Waals surface area contributed by atoms with Gasteiger partial charge in [-0.15, -0.1) is 6.58 Å². The van der Waals surface area contributed by atoms with Gasteiger partial charge in [-0.1, -0.05) is 37.3 Å². The molecule has 0 unspecified atom stereocenters. The number of nitriles is 1. The van der Waals surface area contributed by atoms with Crippen LogP contribution in [0.3, 0.4) is 0 Å². The Hall–Kier alpha value is -2.53. The second kappa shape index (κ2) is 4.73. The van der Waals surface area contributed by atoms with E-state index in [4.69, 9.17) is 0 Å². The van der Waals surface area contributed by atoms with Crippen LogP contribution < -0.4 is 0 Å². The van der Waals surface area contributed by atoms with E-state index in [0.29, 0.717) is 0 Å². The van der Waals surface area contributed by atoms with Gasteiger partial charge < -0.3 is 4.98 Å². The lowest BCUT2D eigenvalue weighted by molar-refractivity contribution is 0.338. The Morgan fingerprint density at radius 1 is 1.39 bits per heavy atom. The molecule has 4 rings (SSSR count). The van der Waals surface area contributed by atoms with Crippen LogP contribution in [0.15, 0.2) is 43.0 Å². The third-order valence-electron chi connectivity index (χ3n) is 5.58. The summed E-state index contributed by atoms with van der Waals surface area (Å²) in [7, 11) is 0. The highest BCUT2D eigenvalue weighted by atomic mass is 14.7. The molecule has 1 aromatic heterocycles. The van der Waals surface area contributed by atoms with E-state index in [1.165, 1.54) is 33.0 Å². The average molecular weight is 300 g/mol. The fourth-order valence-corrected chi connectivity index (χ4v) is 4.14. The summed E-state index contributed by atoms with van der Waals surface area (Å²) >= 11 is 0. The van der Waals surface area contributed by atoms with Crippen LogP contribution in [0.5, 0.6) is 0 Å². The van der Waals surface area contributed by atoms with Gasteiger partial charge in [0.1, 0.15) is 0 Å². The summed E-state index contributed by atoms with van der Waals surface area (Å²) in [5, 5.41) is 12.4. The van der Waals surface area contributed by atoms with Crippen LogP contribution in [0.2, 0.25) is 0 Å². The quantitative estimate of drug-likeness (QED) is 0.602. The Morgan fingerprint density at radius 2 is 2.17 bits per heavy atom. The summed E-state index contributed by atoms with van der Waals surface area (Å²) in [6.07, 6.45) is 3.96. The number of fused-ring (bicyclic) bond motifs is 5. The third kappa shape index (κ3) is 1.80. The van der Waals surface area contributed by atoms with E-state index in [1.54, 1.807) is 0 Å². The monoisotopic (exact) mass is 300 g/mol. The van der Waals surface area contributed by atoms with Crippen molar-refractivity contribution in [3.05, 3.63) is 59.7 Å². The average Bonchev–Trinajstić information content (AvgIpc) is 2.96. The van der Waals surface area contributed by atoms with E-state index >= 15 is 0 Å². The maximum atomic E-state index is 9.93. The van der Waals surface area contributed by atoms with Gasteiger partial charge in [0.05, 0.1) is 12.0 Å². The molecule has 0 saturated carbocycles. The lowest BCUT2D eigenvalue weighted by atomic mass is 9.64. The zero-order valence-electron chi connectivity index (χ0n) is 13.6. The van der Waals surface area contributed by atoms with Crippen LogP contribution in [-0.4, -0.2) is 4.98 Å². The number of allylic oxidation sites excluding steroid dienone is 1. The summed E-state index contributed by atoms with van der Waals surface area (Å²) in [5.74, 6) is -0.147. The molecular weight excluding hydrogens is 280 g/mol. The molecule has 0 spiro atoms. The zero-order valence-corrected chi connectivity index (χ0v) is 13.6. The molecule has 1 aliphatic rings. The van der Waals surface area contributed by atoms with Gasteiger partial charge in [-0.3, -0.25) is 0 Å². The molecule has 0 bridgehead atoms. The van der Waals surface area contributed by atoms with Gasteiger partial charge in [-0.05, 0) is 42.5 Å². The highest BCUT2D eigenvalue weighted by Crippen LogP contribution is 2.49. The lowest BCUT2D eigenvalue weighted by Crippen LogP contribution is -2.28. The molecule has 0 amide bonds. The smallest absolute Gasteiger partial charge is 0.0810 e. The van der Waals surface area contributed by atoms with Gasteiger partial charge in [0.25, 0.3) is 0 Å². The maximum Gasteiger partial charge on any atom is 0.0810 e. The van der Waals surface area contributed by atoms with E-state index in [9.17, 15) is 5.26 Å². The summed E-state index contributed by atoms with van der Waals surface area (Å²) in [5.41, 5.74) is 5.93. The number of benzene rings is 2. The second-order valence-electron chi connectivity index (χ2n) is 6.96. The number of aromatic amines is 1. The van der Waals surface area contributed by atoms with E-state index in [1.807, 2.05) is 6.08 Å². The number of nitrogens with zero attached hydrogens (tertiary/aromatic N) is 1. The van der Waals surface area contributed by atoms with Crippen LogP contribution in [0, 0.1) is 23.7 Å². The standard InChI is InChI=1S/C21H20N2/c1-4-21(3)10-9-14-11-13(2)20-19(18(14)16(21)12-22)15-7-5-6-8-17(15)23-20/h4-8,11,16,23H,1,9-10H2,2-3H3/t16-,21+/m0/s1. The number of rotatable bonds is 1. The van der Waals surface area contributed by atoms with Crippen molar-refractivity contribution in [1.82, 2.24) is 4.98 Å². The summed E-state index contributed by atoms with van der Waals surface area (Å²) in [4.78, 5) is 3.55. The number of para-hydroxylation sites is 1. The highest BCUT2D eigenvalue weighted by Gasteiger charge is 2.39. The molecule has 0 saturated heterocycles. The fourth-order valence-electron chi connectivity index (χ4n) is 4.14. The van der Waals surface area contributed by atoms with Crippen molar-refractivity contribution in [2.45, 2.75) is 32.6 Å². The van der Waals surface area contributed by atoms with Crippen molar-refractivity contribution < 1.29 is 0 Å². The molecule has 3 aromatic rings. The molecule has 0 fully saturated rings. The van der Waals surface area contributed by atoms with Crippen molar-refractivity contribution in [3.8, 4) is 6.07 Å². The first-order chi connectivity index (χ1) is 11.1. The molecule has 23 heavy (non-hydrogen) atoms. The topological polar surface area (TPSA) is 39.6 Å². The van der Waals surface area contributed by atoms with Crippen LogP contribution >= 0.6 is 0 Å². The zero-order chi connectivity index (χ0) is 16.2. The predicted molar refractivity (Wildman–Crippen MR) is 95.5 cm³/mol. The number of H-pyrrole nitrogens is 1. The van der Waals surface area contributed by atoms with Crippen molar-refractivity contribution in [1.29, 1.82) is 5.26 Å². The molecule has 1 N–H and O–H groups in total. The number of nitrogens with one attached hydrogen (secondary N) is 1. The number of hydrogen-bond donors (Lipinski definition) is 1. The van der Waals surface area contributed by atoms with E-state index in [0.717, 1.165) is 18.4 Å². The minimum absolute atomic E-state index is 0.147. The Balaban J connectivity index is 2.19. The predicted octanol–water partition coefficient (Wildman–Crippen LogP) is 5.38. The summed E-state index contributed by atoms with van der Waals surface area (Å²) in [6.45, 7) is 8.33.